The smallest absolute Gasteiger partial charge is 0.224 e. The number of nitrogens with one attached hydrogen (secondary N) is 2. The van der Waals surface area contributed by atoms with E-state index in [4.69, 9.17) is 13.9 Å². The quantitative estimate of drug-likeness (QED) is 0.351. The number of furan rings is 1. The molecule has 1 aliphatic rings. The number of hydrogen-bond acceptors (Lipinski definition) is 6. The highest BCUT2D eigenvalue weighted by Gasteiger charge is 2.25. The molecule has 3 aromatic heterocycles. The summed E-state index contributed by atoms with van der Waals surface area (Å²) in [6.07, 6.45) is 1.79. The van der Waals surface area contributed by atoms with Crippen LogP contribution in [0.25, 0.3) is 44.2 Å². The van der Waals surface area contributed by atoms with Crippen LogP contribution >= 0.6 is 15.9 Å². The molecule has 4 heterocycles. The van der Waals surface area contributed by atoms with Crippen LogP contribution in [0.1, 0.15) is 5.56 Å². The summed E-state index contributed by atoms with van der Waals surface area (Å²) in [5.74, 6) is 0.270. The molecule has 5 aromatic rings. The number of rotatable bonds is 1. The lowest BCUT2D eigenvalue weighted by Gasteiger charge is -2.21. The second-order valence-corrected chi connectivity index (χ2v) is 7.70. The van der Waals surface area contributed by atoms with Crippen LogP contribution in [0.15, 0.2) is 44.1 Å². The number of phenolic OH excluding ortho intramolecular Hbond substituents is 1. The van der Waals surface area contributed by atoms with E-state index in [-0.39, 0.29) is 12.4 Å². The maximum absolute atomic E-state index is 11.9. The Labute approximate surface area is 170 Å². The summed E-state index contributed by atoms with van der Waals surface area (Å²) in [5, 5.41) is 17.6. The van der Waals surface area contributed by atoms with Crippen molar-refractivity contribution in [2.45, 2.75) is 6.61 Å². The zero-order valence-electron chi connectivity index (χ0n) is 14.7. The molecule has 29 heavy (non-hydrogen) atoms. The monoisotopic (exact) mass is 453 g/mol. The summed E-state index contributed by atoms with van der Waals surface area (Å²) < 4.78 is 18.1. The highest BCUT2D eigenvalue weighted by atomic mass is 79.9. The van der Waals surface area contributed by atoms with E-state index in [9.17, 15) is 9.90 Å². The van der Waals surface area contributed by atoms with E-state index >= 15 is 0 Å². The van der Waals surface area contributed by atoms with Gasteiger partial charge in [0.25, 0.3) is 0 Å². The number of aromatic nitrogens is 3. The van der Waals surface area contributed by atoms with E-state index in [1.165, 1.54) is 6.07 Å². The van der Waals surface area contributed by atoms with Crippen LogP contribution in [-0.2, 0) is 11.3 Å². The van der Waals surface area contributed by atoms with Gasteiger partial charge in [-0.05, 0) is 24.3 Å². The third-order valence-corrected chi connectivity index (χ3v) is 5.55. The van der Waals surface area contributed by atoms with E-state index < -0.39 is 11.2 Å². The first-order chi connectivity index (χ1) is 14.1. The number of aromatic hydroxyl groups is 1. The van der Waals surface area contributed by atoms with Gasteiger partial charge in [-0.3, -0.25) is 9.89 Å². The fourth-order valence-electron chi connectivity index (χ4n) is 3.85. The Morgan fingerprint density at radius 1 is 1.17 bits per heavy atom. The first-order valence-electron chi connectivity index (χ1n) is 8.79. The Hall–Kier alpha value is -3.30. The highest BCUT2D eigenvalue weighted by Crippen LogP contribution is 2.46. The van der Waals surface area contributed by atoms with Gasteiger partial charge in [0.1, 0.15) is 11.3 Å². The average Bonchev–Trinajstić information content (AvgIpc) is 3.33. The minimum Gasteiger partial charge on any atom is -0.502 e. The summed E-state index contributed by atoms with van der Waals surface area (Å²) in [7, 11) is 0. The Morgan fingerprint density at radius 2 is 2.07 bits per heavy atom. The van der Waals surface area contributed by atoms with Crippen molar-refractivity contribution >= 4 is 49.0 Å². The number of nitrogens with zero attached hydrogens (tertiary/aromatic N) is 1. The van der Waals surface area contributed by atoms with Crippen molar-refractivity contribution in [1.82, 2.24) is 15.2 Å². The summed E-state index contributed by atoms with van der Waals surface area (Å²) in [4.78, 5) is 16.5. The molecule has 8 nitrogen and oxygen atoms in total. The number of pyridine rings is 1. The Morgan fingerprint density at radius 3 is 2.97 bits per heavy atom. The number of halogens is 1. The minimum absolute atomic E-state index is 0.117. The lowest BCUT2D eigenvalue weighted by molar-refractivity contribution is -0.0159. The van der Waals surface area contributed by atoms with Gasteiger partial charge in [0, 0.05) is 32.7 Å². The fraction of sp³-hybridized carbons (Fsp3) is 0.100. The first-order valence-corrected chi connectivity index (χ1v) is 9.58. The van der Waals surface area contributed by atoms with Crippen LogP contribution in [0, 0.1) is 0 Å². The van der Waals surface area contributed by atoms with Gasteiger partial charge in [-0.15, -0.1) is 0 Å². The highest BCUT2D eigenvalue weighted by molar-refractivity contribution is 9.10. The molecule has 0 atom stereocenters. The molecule has 3 N–H and O–H groups in total. The molecule has 0 fully saturated rings. The van der Waals surface area contributed by atoms with Crippen molar-refractivity contribution in [2.75, 3.05) is 6.79 Å². The topological polar surface area (TPSA) is 113 Å². The number of fused-ring (bicyclic) bond motifs is 5. The van der Waals surface area contributed by atoms with Gasteiger partial charge in [-0.2, -0.15) is 0 Å². The van der Waals surface area contributed by atoms with Gasteiger partial charge in [-0.25, -0.2) is 4.98 Å². The van der Waals surface area contributed by atoms with E-state index in [2.05, 4.69) is 31.1 Å². The van der Waals surface area contributed by atoms with Crippen molar-refractivity contribution in [2.24, 2.45) is 0 Å². The zero-order valence-corrected chi connectivity index (χ0v) is 16.3. The number of phenols is 1. The molecule has 0 spiro atoms. The van der Waals surface area contributed by atoms with Gasteiger partial charge in [0.15, 0.2) is 23.6 Å². The number of benzene rings is 2. The van der Waals surface area contributed by atoms with Crippen molar-refractivity contribution in [3.8, 4) is 22.6 Å². The van der Waals surface area contributed by atoms with Crippen LogP contribution in [0.4, 0.5) is 0 Å². The normalized spacial score (nSPS) is 13.8. The van der Waals surface area contributed by atoms with Gasteiger partial charge in [0.05, 0.1) is 12.0 Å². The van der Waals surface area contributed by atoms with Crippen molar-refractivity contribution in [3.05, 3.63) is 50.7 Å². The Bertz CT molecular complexity index is 1510. The van der Waals surface area contributed by atoms with Crippen molar-refractivity contribution < 1.29 is 19.0 Å². The molecule has 144 valence electrons. The minimum atomic E-state index is -0.502. The SMILES string of the molecule is O=c1ccc2c(oc3c(-c4cc(Br)cc5c4OCOC5)c4c[nH][nH]c4nc32)c1O. The Balaban J connectivity index is 1.83. The molecule has 1 aliphatic heterocycles. The van der Waals surface area contributed by atoms with Gasteiger partial charge in [-0.1, -0.05) is 15.9 Å². The molecule has 0 bridgehead atoms. The maximum Gasteiger partial charge on any atom is 0.224 e. The molecule has 0 radical (unpaired) electrons. The predicted octanol–water partition coefficient (Wildman–Crippen LogP) is 4.15. The van der Waals surface area contributed by atoms with Crippen LogP contribution in [-0.4, -0.2) is 27.1 Å². The first kappa shape index (κ1) is 16.6. The molecular formula is C20H12BrN3O5. The van der Waals surface area contributed by atoms with Crippen molar-refractivity contribution in [3.63, 3.8) is 0 Å². The molecule has 0 amide bonds. The molecule has 0 saturated heterocycles. The van der Waals surface area contributed by atoms with Gasteiger partial charge >= 0.3 is 0 Å². The van der Waals surface area contributed by atoms with E-state index in [1.807, 2.05) is 12.1 Å². The number of aromatic amines is 2. The largest absolute Gasteiger partial charge is 0.502 e. The summed E-state index contributed by atoms with van der Waals surface area (Å²) in [6.45, 7) is 0.581. The standard InChI is InChI=1S/C20H12BrN3O5/c21-9-3-8-6-27-7-28-17(8)11(4-9)14-12-5-22-24-20(12)23-15-10-1-2-13(25)16(26)18(10)29-19(14)15/h1-5,26H,6-7H2,(H2,22,23,24). The van der Waals surface area contributed by atoms with E-state index in [1.54, 1.807) is 12.3 Å². The molecule has 0 unspecified atom stereocenters. The molecule has 2 aromatic carbocycles. The molecule has 9 heteroatoms. The van der Waals surface area contributed by atoms with Crippen LogP contribution in [0.3, 0.4) is 0 Å². The lowest BCUT2D eigenvalue weighted by atomic mass is 9.98. The summed E-state index contributed by atoms with van der Waals surface area (Å²) >= 11 is 3.56. The second-order valence-electron chi connectivity index (χ2n) is 6.78. The maximum atomic E-state index is 11.9. The third-order valence-electron chi connectivity index (χ3n) is 5.10. The van der Waals surface area contributed by atoms with Crippen LogP contribution in [0.2, 0.25) is 0 Å². The number of hydrogen-bond donors (Lipinski definition) is 3. The van der Waals surface area contributed by atoms with Gasteiger partial charge < -0.3 is 24.1 Å². The molecular weight excluding hydrogens is 442 g/mol. The summed E-state index contributed by atoms with van der Waals surface area (Å²) in [5.41, 5.74) is 3.66. The summed E-state index contributed by atoms with van der Waals surface area (Å²) in [6, 6.07) is 6.81. The van der Waals surface area contributed by atoms with Gasteiger partial charge in [0.2, 0.25) is 11.2 Å². The fourth-order valence-corrected chi connectivity index (χ4v) is 4.36. The van der Waals surface area contributed by atoms with E-state index in [0.717, 1.165) is 26.5 Å². The van der Waals surface area contributed by atoms with Crippen molar-refractivity contribution in [1.29, 1.82) is 0 Å². The molecule has 0 aliphatic carbocycles. The van der Waals surface area contributed by atoms with Crippen LogP contribution in [0.5, 0.6) is 11.5 Å². The third kappa shape index (κ3) is 2.28. The number of H-pyrrole nitrogens is 2. The predicted molar refractivity (Wildman–Crippen MR) is 109 cm³/mol. The van der Waals surface area contributed by atoms with Crippen LogP contribution < -0.4 is 10.2 Å². The zero-order chi connectivity index (χ0) is 19.7. The lowest BCUT2D eigenvalue weighted by Crippen LogP contribution is -2.12. The Kier molecular flexibility index (Phi) is 3.36. The molecule has 0 saturated carbocycles. The number of ether oxygens (including phenoxy) is 2. The molecule has 6 rings (SSSR count). The second kappa shape index (κ2) is 5.85. The van der Waals surface area contributed by atoms with E-state index in [0.29, 0.717) is 34.5 Å². The average molecular weight is 454 g/mol.